The molecule has 6 nitrogen and oxygen atoms in total. The Morgan fingerprint density at radius 1 is 0.966 bits per heavy atom. The van der Waals surface area contributed by atoms with Crippen molar-refractivity contribution in [1.82, 2.24) is 4.98 Å². The molecule has 0 aliphatic rings. The Bertz CT molecular complexity index is 1300. The van der Waals surface area contributed by atoms with E-state index in [0.29, 0.717) is 5.13 Å². The third-order valence-corrected chi connectivity index (χ3v) is 6.55. The van der Waals surface area contributed by atoms with Gasteiger partial charge >= 0.3 is 0 Å². The Labute approximate surface area is 172 Å². The molecule has 0 saturated heterocycles. The van der Waals surface area contributed by atoms with Crippen LogP contribution in [0.5, 0.6) is 0 Å². The van der Waals surface area contributed by atoms with Gasteiger partial charge in [0.2, 0.25) is 0 Å². The predicted molar refractivity (Wildman–Crippen MR) is 116 cm³/mol. The van der Waals surface area contributed by atoms with E-state index in [-0.39, 0.29) is 16.1 Å². The van der Waals surface area contributed by atoms with Crippen LogP contribution in [0.4, 0.5) is 10.8 Å². The molecule has 0 radical (unpaired) electrons. The second-order valence-electron chi connectivity index (χ2n) is 6.41. The average molecular weight is 424 g/mol. The zero-order valence-corrected chi connectivity index (χ0v) is 17.0. The number of hydrogen-bond donors (Lipinski definition) is 2. The van der Waals surface area contributed by atoms with Crippen LogP contribution in [0.1, 0.15) is 15.9 Å². The summed E-state index contributed by atoms with van der Waals surface area (Å²) in [6.07, 6.45) is 0. The lowest BCUT2D eigenvalue weighted by molar-refractivity contribution is 0.102. The highest BCUT2D eigenvalue weighted by atomic mass is 32.2. The van der Waals surface area contributed by atoms with E-state index in [1.165, 1.54) is 23.5 Å². The molecule has 0 aliphatic heterocycles. The number of hydrogen-bond acceptors (Lipinski definition) is 5. The van der Waals surface area contributed by atoms with Gasteiger partial charge in [0.25, 0.3) is 15.9 Å². The summed E-state index contributed by atoms with van der Waals surface area (Å²) < 4.78 is 28.7. The van der Waals surface area contributed by atoms with Crippen LogP contribution in [0.15, 0.2) is 77.7 Å². The molecule has 1 aromatic heterocycles. The molecule has 0 atom stereocenters. The van der Waals surface area contributed by atoms with Crippen molar-refractivity contribution in [3.8, 4) is 0 Å². The molecule has 1 heterocycles. The Hall–Kier alpha value is -3.23. The van der Waals surface area contributed by atoms with Crippen molar-refractivity contribution in [2.45, 2.75) is 11.8 Å². The van der Waals surface area contributed by atoms with Crippen molar-refractivity contribution in [2.75, 3.05) is 10.0 Å². The topological polar surface area (TPSA) is 88.2 Å². The fourth-order valence-corrected chi connectivity index (χ4v) is 4.88. The van der Waals surface area contributed by atoms with Gasteiger partial charge in [-0.3, -0.25) is 14.8 Å². The minimum Gasteiger partial charge on any atom is -0.298 e. The number of carbonyl (C=O) groups excluding carboxylic acids is 1. The number of sulfonamides is 1. The van der Waals surface area contributed by atoms with Crippen molar-refractivity contribution < 1.29 is 13.2 Å². The van der Waals surface area contributed by atoms with Crippen LogP contribution >= 0.6 is 11.3 Å². The summed E-state index contributed by atoms with van der Waals surface area (Å²) in [5.74, 6) is -0.438. The molecule has 1 amide bonds. The first-order valence-corrected chi connectivity index (χ1v) is 11.1. The quantitative estimate of drug-likeness (QED) is 0.489. The number of anilines is 2. The number of nitrogens with zero attached hydrogens (tertiary/aromatic N) is 1. The number of benzene rings is 3. The molecule has 0 bridgehead atoms. The van der Waals surface area contributed by atoms with Crippen LogP contribution in [0.2, 0.25) is 0 Å². The maximum Gasteiger partial charge on any atom is 0.261 e. The van der Waals surface area contributed by atoms with E-state index in [9.17, 15) is 13.2 Å². The number of para-hydroxylation sites is 1. The largest absolute Gasteiger partial charge is 0.298 e. The van der Waals surface area contributed by atoms with Gasteiger partial charge in [0, 0.05) is 0 Å². The highest BCUT2D eigenvalue weighted by Crippen LogP contribution is 2.28. The molecule has 8 heteroatoms. The zero-order chi connectivity index (χ0) is 20.4. The van der Waals surface area contributed by atoms with Gasteiger partial charge in [-0.25, -0.2) is 13.4 Å². The first-order chi connectivity index (χ1) is 13.9. The number of thiazole rings is 1. The summed E-state index contributed by atoms with van der Waals surface area (Å²) in [6, 6.07) is 20.3. The summed E-state index contributed by atoms with van der Waals surface area (Å²) in [6.45, 7) is 1.99. The van der Waals surface area contributed by atoms with E-state index in [4.69, 9.17) is 0 Å². The van der Waals surface area contributed by atoms with Crippen molar-refractivity contribution in [1.29, 1.82) is 0 Å². The SMILES string of the molecule is Cc1ccc2nc(NC(=O)c3ccccc3NS(=O)(=O)c3ccccc3)sc2c1. The number of nitrogens with one attached hydrogen (secondary N) is 2. The third-order valence-electron chi connectivity index (χ3n) is 4.23. The normalized spacial score (nSPS) is 11.3. The lowest BCUT2D eigenvalue weighted by atomic mass is 10.2. The fraction of sp³-hybridized carbons (Fsp3) is 0.0476. The molecule has 0 aliphatic carbocycles. The van der Waals surface area contributed by atoms with Gasteiger partial charge in [-0.05, 0) is 48.9 Å². The molecule has 0 fully saturated rings. The Balaban J connectivity index is 1.61. The lowest BCUT2D eigenvalue weighted by Crippen LogP contribution is -2.18. The molecule has 146 valence electrons. The number of rotatable bonds is 5. The van der Waals surface area contributed by atoms with Crippen molar-refractivity contribution in [3.63, 3.8) is 0 Å². The molecule has 0 spiro atoms. The second kappa shape index (κ2) is 7.65. The van der Waals surface area contributed by atoms with Gasteiger partial charge in [-0.15, -0.1) is 0 Å². The van der Waals surface area contributed by atoms with Gasteiger partial charge in [-0.2, -0.15) is 0 Å². The third kappa shape index (κ3) is 4.13. The van der Waals surface area contributed by atoms with E-state index in [2.05, 4.69) is 15.0 Å². The van der Waals surface area contributed by atoms with E-state index in [1.807, 2.05) is 25.1 Å². The van der Waals surface area contributed by atoms with Gasteiger partial charge in [-0.1, -0.05) is 47.7 Å². The Kier molecular flexibility index (Phi) is 5.04. The van der Waals surface area contributed by atoms with Crippen molar-refractivity contribution in [2.24, 2.45) is 0 Å². The maximum atomic E-state index is 12.8. The van der Waals surface area contributed by atoms with E-state index >= 15 is 0 Å². The molecular formula is C21H17N3O3S2. The van der Waals surface area contributed by atoms with Gasteiger partial charge in [0.05, 0.1) is 26.4 Å². The minimum atomic E-state index is -3.81. The summed E-state index contributed by atoms with van der Waals surface area (Å²) in [4.78, 5) is 17.4. The van der Waals surface area contributed by atoms with Crippen LogP contribution in [-0.4, -0.2) is 19.3 Å². The van der Waals surface area contributed by atoms with Crippen molar-refractivity contribution >= 4 is 48.3 Å². The number of aromatic nitrogens is 1. The molecule has 3 aromatic carbocycles. The van der Waals surface area contributed by atoms with E-state index in [1.54, 1.807) is 42.5 Å². The summed E-state index contributed by atoms with van der Waals surface area (Å²) in [7, 11) is -3.81. The molecular weight excluding hydrogens is 406 g/mol. The number of carbonyl (C=O) groups is 1. The monoisotopic (exact) mass is 423 g/mol. The van der Waals surface area contributed by atoms with Crippen LogP contribution in [0.3, 0.4) is 0 Å². The predicted octanol–water partition coefficient (Wildman–Crippen LogP) is 4.66. The number of amides is 1. The van der Waals surface area contributed by atoms with Gasteiger partial charge in [0.1, 0.15) is 0 Å². The maximum absolute atomic E-state index is 12.8. The number of fused-ring (bicyclic) bond motifs is 1. The molecule has 4 rings (SSSR count). The zero-order valence-electron chi connectivity index (χ0n) is 15.4. The van der Waals surface area contributed by atoms with E-state index in [0.717, 1.165) is 15.8 Å². The Morgan fingerprint density at radius 3 is 2.48 bits per heavy atom. The lowest BCUT2D eigenvalue weighted by Gasteiger charge is -2.12. The van der Waals surface area contributed by atoms with Crippen molar-refractivity contribution in [3.05, 3.63) is 83.9 Å². The van der Waals surface area contributed by atoms with Crippen LogP contribution in [-0.2, 0) is 10.0 Å². The van der Waals surface area contributed by atoms with E-state index < -0.39 is 15.9 Å². The molecule has 29 heavy (non-hydrogen) atoms. The smallest absolute Gasteiger partial charge is 0.261 e. The highest BCUT2D eigenvalue weighted by Gasteiger charge is 2.19. The summed E-state index contributed by atoms with van der Waals surface area (Å²) in [5, 5.41) is 3.22. The van der Waals surface area contributed by atoms with Crippen LogP contribution in [0.25, 0.3) is 10.2 Å². The molecule has 4 aromatic rings. The highest BCUT2D eigenvalue weighted by molar-refractivity contribution is 7.92. The fourth-order valence-electron chi connectivity index (χ4n) is 2.82. The summed E-state index contributed by atoms with van der Waals surface area (Å²) >= 11 is 1.37. The first kappa shape index (κ1) is 19.1. The standard InChI is InChI=1S/C21H17N3O3S2/c1-14-11-12-18-19(13-14)28-21(22-18)23-20(25)16-9-5-6-10-17(16)24-29(26,27)15-7-3-2-4-8-15/h2-13,24H,1H3,(H,22,23,25). The van der Waals surface area contributed by atoms with Gasteiger partial charge in [0.15, 0.2) is 5.13 Å². The van der Waals surface area contributed by atoms with Crippen LogP contribution < -0.4 is 10.0 Å². The molecule has 2 N–H and O–H groups in total. The molecule has 0 unspecified atom stereocenters. The number of aryl methyl sites for hydroxylation is 1. The summed E-state index contributed by atoms with van der Waals surface area (Å²) in [5.41, 5.74) is 2.32. The average Bonchev–Trinajstić information content (AvgIpc) is 3.10. The van der Waals surface area contributed by atoms with Gasteiger partial charge < -0.3 is 0 Å². The van der Waals surface area contributed by atoms with Crippen LogP contribution in [0, 0.1) is 6.92 Å². The Morgan fingerprint density at radius 2 is 1.69 bits per heavy atom. The second-order valence-corrected chi connectivity index (χ2v) is 9.12. The first-order valence-electron chi connectivity index (χ1n) is 8.78. The molecule has 0 saturated carbocycles. The minimum absolute atomic E-state index is 0.122.